The molecular formula is C20H23BrFN3O. The van der Waals surface area contributed by atoms with Crippen molar-refractivity contribution in [3.8, 4) is 5.88 Å². The lowest BCUT2D eigenvalue weighted by Gasteiger charge is -2.25. The summed E-state index contributed by atoms with van der Waals surface area (Å²) in [5, 5.41) is 0. The smallest absolute Gasteiger partial charge is 0.228 e. The Balaban J connectivity index is 1.73. The lowest BCUT2D eigenvalue weighted by molar-refractivity contribution is 0.175. The van der Waals surface area contributed by atoms with E-state index in [0.29, 0.717) is 5.88 Å². The van der Waals surface area contributed by atoms with E-state index in [1.807, 2.05) is 31.0 Å². The number of fused-ring (bicyclic) bond motifs is 1. The summed E-state index contributed by atoms with van der Waals surface area (Å²) < 4.78 is 20.3. The average Bonchev–Trinajstić information content (AvgIpc) is 2.63. The molecule has 1 aromatic heterocycles. The molecule has 1 aromatic carbocycles. The molecule has 0 fully saturated rings. The lowest BCUT2D eigenvalue weighted by Crippen LogP contribution is -2.26. The molecule has 0 N–H and O–H groups in total. The van der Waals surface area contributed by atoms with Crippen LogP contribution in [0.3, 0.4) is 0 Å². The molecule has 0 aliphatic heterocycles. The number of halogens is 2. The maximum Gasteiger partial charge on any atom is 0.228 e. The second-order valence-electron chi connectivity index (χ2n) is 6.59. The highest BCUT2D eigenvalue weighted by atomic mass is 79.9. The number of pyridine rings is 1. The molecule has 6 heteroatoms. The van der Waals surface area contributed by atoms with Gasteiger partial charge in [0.25, 0.3) is 0 Å². The summed E-state index contributed by atoms with van der Waals surface area (Å²) in [5.41, 5.74) is 3.87. The number of benzene rings is 1. The number of hydrogen-bond acceptors (Lipinski definition) is 3. The van der Waals surface area contributed by atoms with E-state index in [1.54, 1.807) is 12.4 Å². The lowest BCUT2D eigenvalue weighted by atomic mass is 9.90. The number of aryl methyl sites for hydroxylation is 2. The number of hydrogen-bond donors (Lipinski definition) is 0. The Morgan fingerprint density at radius 2 is 2.19 bits per heavy atom. The Morgan fingerprint density at radius 3 is 2.96 bits per heavy atom. The zero-order valence-corrected chi connectivity index (χ0v) is 16.9. The molecular weight excluding hydrogens is 397 g/mol. The normalized spacial score (nSPS) is 16.6. The summed E-state index contributed by atoms with van der Waals surface area (Å²) in [6.07, 6.45) is 4.28. The van der Waals surface area contributed by atoms with Gasteiger partial charge in [0.15, 0.2) is 0 Å². The first-order valence-electron chi connectivity index (χ1n) is 8.81. The fraction of sp³-hybridized carbons (Fsp3) is 0.400. The first-order chi connectivity index (χ1) is 12.5. The van der Waals surface area contributed by atoms with E-state index in [9.17, 15) is 4.39 Å². The van der Waals surface area contributed by atoms with Gasteiger partial charge < -0.3 is 9.64 Å². The van der Waals surface area contributed by atoms with Gasteiger partial charge in [0.1, 0.15) is 11.9 Å². The van der Waals surface area contributed by atoms with Crippen LogP contribution in [0.15, 0.2) is 33.7 Å². The first kappa shape index (κ1) is 18.8. The third-order valence-corrected chi connectivity index (χ3v) is 5.20. The minimum atomic E-state index is -0.173. The van der Waals surface area contributed by atoms with Gasteiger partial charge in [-0.2, -0.15) is 0 Å². The van der Waals surface area contributed by atoms with Crippen LogP contribution in [0.2, 0.25) is 0 Å². The zero-order valence-electron chi connectivity index (χ0n) is 15.3. The summed E-state index contributed by atoms with van der Waals surface area (Å²) in [6, 6.07) is 6.93. The molecule has 0 radical (unpaired) electrons. The molecule has 0 amide bonds. The molecule has 1 aliphatic rings. The minimum absolute atomic E-state index is 0.0386. The molecule has 0 bridgehead atoms. The minimum Gasteiger partial charge on any atom is -0.473 e. The molecule has 3 rings (SSSR count). The van der Waals surface area contributed by atoms with Crippen molar-refractivity contribution in [2.24, 2.45) is 4.99 Å². The highest BCUT2D eigenvalue weighted by molar-refractivity contribution is 9.10. The predicted molar refractivity (Wildman–Crippen MR) is 106 cm³/mol. The van der Waals surface area contributed by atoms with Gasteiger partial charge in [0.05, 0.1) is 22.2 Å². The van der Waals surface area contributed by atoms with Gasteiger partial charge in [0, 0.05) is 20.0 Å². The van der Waals surface area contributed by atoms with Crippen molar-refractivity contribution in [2.45, 2.75) is 39.2 Å². The van der Waals surface area contributed by atoms with E-state index in [-0.39, 0.29) is 11.9 Å². The molecule has 1 unspecified atom stereocenters. The van der Waals surface area contributed by atoms with Gasteiger partial charge >= 0.3 is 0 Å². The van der Waals surface area contributed by atoms with Gasteiger partial charge in [0.2, 0.25) is 5.88 Å². The van der Waals surface area contributed by atoms with Crippen molar-refractivity contribution in [1.29, 1.82) is 0 Å². The summed E-state index contributed by atoms with van der Waals surface area (Å²) in [5.74, 6) is 0.411. The quantitative estimate of drug-likeness (QED) is 0.513. The van der Waals surface area contributed by atoms with E-state index >= 15 is 0 Å². The number of rotatable bonds is 5. The maximum atomic E-state index is 13.3. The van der Waals surface area contributed by atoms with Crippen molar-refractivity contribution in [3.05, 3.63) is 51.4 Å². The molecule has 1 aliphatic carbocycles. The fourth-order valence-electron chi connectivity index (χ4n) is 2.95. The highest BCUT2D eigenvalue weighted by Crippen LogP contribution is 2.32. The molecule has 26 heavy (non-hydrogen) atoms. The van der Waals surface area contributed by atoms with E-state index in [4.69, 9.17) is 4.74 Å². The monoisotopic (exact) mass is 419 g/mol. The fourth-order valence-corrected chi connectivity index (χ4v) is 3.35. The van der Waals surface area contributed by atoms with Crippen LogP contribution in [0.5, 0.6) is 5.88 Å². The van der Waals surface area contributed by atoms with Crippen LogP contribution in [-0.4, -0.2) is 35.9 Å². The molecule has 2 aromatic rings. The molecule has 0 spiro atoms. The number of ether oxygens (including phenoxy) is 1. The highest BCUT2D eigenvalue weighted by Gasteiger charge is 2.22. The Bertz CT molecular complexity index is 825. The van der Waals surface area contributed by atoms with Crippen molar-refractivity contribution < 1.29 is 9.13 Å². The second-order valence-corrected chi connectivity index (χ2v) is 7.45. The third-order valence-electron chi connectivity index (χ3n) is 4.63. The summed E-state index contributed by atoms with van der Waals surface area (Å²) in [7, 11) is 1.98. The average molecular weight is 420 g/mol. The van der Waals surface area contributed by atoms with Crippen molar-refractivity contribution in [2.75, 3.05) is 13.6 Å². The third kappa shape index (κ3) is 4.41. The van der Waals surface area contributed by atoms with Crippen molar-refractivity contribution >= 4 is 28.0 Å². The van der Waals surface area contributed by atoms with E-state index < -0.39 is 0 Å². The zero-order chi connectivity index (χ0) is 18.7. The molecule has 1 heterocycles. The molecule has 1 atom stereocenters. The number of nitrogens with zero attached hydrogens (tertiary/aromatic N) is 3. The molecule has 0 saturated carbocycles. The van der Waals surface area contributed by atoms with Crippen LogP contribution in [0.4, 0.5) is 10.1 Å². The predicted octanol–water partition coefficient (Wildman–Crippen LogP) is 4.84. The number of aromatic nitrogens is 1. The van der Waals surface area contributed by atoms with Crippen LogP contribution in [0.25, 0.3) is 0 Å². The van der Waals surface area contributed by atoms with Gasteiger partial charge in [-0.05, 0) is 71.9 Å². The Kier molecular flexibility index (Phi) is 5.91. The summed E-state index contributed by atoms with van der Waals surface area (Å²) in [6.45, 7) is 4.89. The van der Waals surface area contributed by atoms with E-state index in [2.05, 4.69) is 32.8 Å². The van der Waals surface area contributed by atoms with Crippen molar-refractivity contribution in [3.63, 3.8) is 0 Å². The number of aliphatic imine (C=N–C) groups is 1. The molecule has 138 valence electrons. The van der Waals surface area contributed by atoms with Gasteiger partial charge in [-0.3, -0.25) is 0 Å². The van der Waals surface area contributed by atoms with Gasteiger partial charge in [-0.15, -0.1) is 0 Å². The van der Waals surface area contributed by atoms with Gasteiger partial charge in [-0.1, -0.05) is 6.07 Å². The Hall–Kier alpha value is -1.95. The maximum absolute atomic E-state index is 13.3. The van der Waals surface area contributed by atoms with Crippen molar-refractivity contribution in [1.82, 2.24) is 9.88 Å². The van der Waals surface area contributed by atoms with E-state index in [0.717, 1.165) is 52.8 Å². The van der Waals surface area contributed by atoms with Crippen LogP contribution in [0, 0.1) is 12.7 Å². The Labute approximate surface area is 162 Å². The van der Waals surface area contributed by atoms with Crippen LogP contribution < -0.4 is 4.74 Å². The van der Waals surface area contributed by atoms with E-state index in [1.165, 1.54) is 6.07 Å². The molecule has 4 nitrogen and oxygen atoms in total. The SMILES string of the molecule is CCN(C)C=Nc1cc(Br)c(OC2CCc3cc(F)ccc3C2)nc1C. The van der Waals surface area contributed by atoms with Crippen LogP contribution in [0.1, 0.15) is 30.2 Å². The molecule has 0 saturated heterocycles. The topological polar surface area (TPSA) is 37.7 Å². The van der Waals surface area contributed by atoms with Crippen LogP contribution >= 0.6 is 15.9 Å². The summed E-state index contributed by atoms with van der Waals surface area (Å²) in [4.78, 5) is 11.1. The largest absolute Gasteiger partial charge is 0.473 e. The van der Waals surface area contributed by atoms with Crippen LogP contribution in [-0.2, 0) is 12.8 Å². The summed E-state index contributed by atoms with van der Waals surface area (Å²) >= 11 is 3.55. The Morgan fingerprint density at radius 1 is 1.38 bits per heavy atom. The van der Waals surface area contributed by atoms with Gasteiger partial charge in [-0.25, -0.2) is 14.4 Å². The standard InChI is InChI=1S/C20H23BrFN3O/c1-4-25(3)12-23-19-11-18(21)20(24-13(19)2)26-17-8-6-14-9-16(22)7-5-15(14)10-17/h5,7,9,11-12,17H,4,6,8,10H2,1-3H3. The first-order valence-corrected chi connectivity index (χ1v) is 9.61. The second kappa shape index (κ2) is 8.16.